The molecule has 0 atom stereocenters. The largest absolute Gasteiger partial charge is 0.331 e. The number of imidazole rings is 1. The molecule has 2 rings (SSSR count). The summed E-state index contributed by atoms with van der Waals surface area (Å²) in [7, 11) is 0. The van der Waals surface area contributed by atoms with Crippen LogP contribution in [0, 0.1) is 4.77 Å². The van der Waals surface area contributed by atoms with Crippen molar-refractivity contribution in [2.24, 2.45) is 0 Å². The molecule has 0 amide bonds. The monoisotopic (exact) mass is 254 g/mol. The number of aromatic nitrogens is 2. The molecule has 0 aliphatic carbocycles. The molecule has 0 bridgehead atoms. The Hall–Kier alpha value is -0.800. The Morgan fingerprint density at radius 3 is 2.94 bits per heavy atom. The molecule has 0 unspecified atom stereocenters. The Kier molecular flexibility index (Phi) is 3.66. The van der Waals surface area contributed by atoms with Gasteiger partial charge in [0.15, 0.2) is 4.77 Å². The van der Waals surface area contributed by atoms with Crippen LogP contribution in [-0.2, 0) is 6.54 Å². The van der Waals surface area contributed by atoms with Crippen molar-refractivity contribution in [2.75, 3.05) is 0 Å². The summed E-state index contributed by atoms with van der Waals surface area (Å²) in [6.45, 7) is 3.18. The second-order valence-corrected chi connectivity index (χ2v) is 4.77. The Balaban J connectivity index is 2.36. The van der Waals surface area contributed by atoms with Crippen LogP contribution in [-0.4, -0.2) is 9.55 Å². The van der Waals surface area contributed by atoms with E-state index in [9.17, 15) is 0 Å². The molecule has 0 aliphatic rings. The summed E-state index contributed by atoms with van der Waals surface area (Å²) in [5, 5.41) is 0.740. The highest BCUT2D eigenvalue weighted by Gasteiger charge is 2.04. The van der Waals surface area contributed by atoms with Gasteiger partial charge in [0.25, 0.3) is 0 Å². The summed E-state index contributed by atoms with van der Waals surface area (Å²) in [4.78, 5) is 3.19. The molecule has 0 aliphatic heterocycles. The Morgan fingerprint density at radius 1 is 1.38 bits per heavy atom. The van der Waals surface area contributed by atoms with Gasteiger partial charge >= 0.3 is 0 Å². The molecule has 86 valence electrons. The van der Waals surface area contributed by atoms with Crippen LogP contribution in [0.15, 0.2) is 18.2 Å². The molecule has 1 heterocycles. The first-order chi connectivity index (χ1) is 7.72. The maximum Gasteiger partial charge on any atom is 0.178 e. The van der Waals surface area contributed by atoms with Gasteiger partial charge in [0.1, 0.15) is 0 Å². The van der Waals surface area contributed by atoms with Crippen molar-refractivity contribution in [1.29, 1.82) is 0 Å². The number of fused-ring (bicyclic) bond motifs is 1. The van der Waals surface area contributed by atoms with Gasteiger partial charge in [-0.05, 0) is 36.8 Å². The highest BCUT2D eigenvalue weighted by molar-refractivity contribution is 7.71. The predicted molar refractivity (Wildman–Crippen MR) is 71.7 cm³/mol. The third kappa shape index (κ3) is 2.30. The van der Waals surface area contributed by atoms with Crippen molar-refractivity contribution in [1.82, 2.24) is 9.55 Å². The van der Waals surface area contributed by atoms with Gasteiger partial charge in [-0.2, -0.15) is 0 Å². The SMILES string of the molecule is CCCCCn1c(=S)[nH]c2cc(Cl)ccc21. The van der Waals surface area contributed by atoms with E-state index in [4.69, 9.17) is 23.8 Å². The van der Waals surface area contributed by atoms with Crippen LogP contribution < -0.4 is 0 Å². The number of aromatic amines is 1. The van der Waals surface area contributed by atoms with Gasteiger partial charge in [-0.25, -0.2) is 0 Å². The van der Waals surface area contributed by atoms with Crippen LogP contribution in [0.1, 0.15) is 26.2 Å². The number of aryl methyl sites for hydroxylation is 1. The summed E-state index contributed by atoms with van der Waals surface area (Å²) < 4.78 is 2.93. The standard InChI is InChI=1S/C12H15ClN2S/c1-2-3-4-7-15-11-6-5-9(13)8-10(11)14-12(15)16/h5-6,8H,2-4,7H2,1H3,(H,14,16). The minimum Gasteiger partial charge on any atom is -0.331 e. The third-order valence-corrected chi connectivity index (χ3v) is 3.28. The number of unbranched alkanes of at least 4 members (excludes halogenated alkanes) is 2. The Bertz CT molecular complexity index is 541. The fraction of sp³-hybridized carbons (Fsp3) is 0.417. The van der Waals surface area contributed by atoms with E-state index < -0.39 is 0 Å². The first-order valence-corrected chi connectivity index (χ1v) is 6.39. The van der Waals surface area contributed by atoms with E-state index in [-0.39, 0.29) is 0 Å². The lowest BCUT2D eigenvalue weighted by Gasteiger charge is -2.03. The molecule has 0 saturated carbocycles. The molecule has 2 nitrogen and oxygen atoms in total. The topological polar surface area (TPSA) is 20.7 Å². The number of hydrogen-bond acceptors (Lipinski definition) is 1. The maximum absolute atomic E-state index is 5.94. The van der Waals surface area contributed by atoms with Gasteiger partial charge in [0.2, 0.25) is 0 Å². The fourth-order valence-electron chi connectivity index (χ4n) is 1.88. The highest BCUT2D eigenvalue weighted by atomic mass is 35.5. The first kappa shape index (κ1) is 11.7. The van der Waals surface area contributed by atoms with Crippen molar-refractivity contribution >= 4 is 34.9 Å². The number of nitrogens with zero attached hydrogens (tertiary/aromatic N) is 1. The number of benzene rings is 1. The zero-order chi connectivity index (χ0) is 11.5. The van der Waals surface area contributed by atoms with Crippen LogP contribution in [0.4, 0.5) is 0 Å². The van der Waals surface area contributed by atoms with E-state index in [1.807, 2.05) is 18.2 Å². The number of rotatable bonds is 4. The number of halogens is 1. The van der Waals surface area contributed by atoms with Crippen molar-refractivity contribution < 1.29 is 0 Å². The zero-order valence-electron chi connectivity index (χ0n) is 9.29. The van der Waals surface area contributed by atoms with Crippen molar-refractivity contribution in [3.8, 4) is 0 Å². The molecule has 16 heavy (non-hydrogen) atoms. The van der Waals surface area contributed by atoms with Gasteiger partial charge in [0, 0.05) is 11.6 Å². The van der Waals surface area contributed by atoms with Crippen molar-refractivity contribution in [3.63, 3.8) is 0 Å². The minimum absolute atomic E-state index is 0.740. The lowest BCUT2D eigenvalue weighted by atomic mass is 10.2. The average Bonchev–Trinajstić information content (AvgIpc) is 2.55. The zero-order valence-corrected chi connectivity index (χ0v) is 10.9. The van der Waals surface area contributed by atoms with Crippen LogP contribution in [0.25, 0.3) is 11.0 Å². The van der Waals surface area contributed by atoms with Gasteiger partial charge in [0.05, 0.1) is 11.0 Å². The predicted octanol–water partition coefficient (Wildman–Crippen LogP) is 4.54. The maximum atomic E-state index is 5.94. The minimum atomic E-state index is 0.740. The summed E-state index contributed by atoms with van der Waals surface area (Å²) in [6.07, 6.45) is 3.63. The smallest absolute Gasteiger partial charge is 0.178 e. The lowest BCUT2D eigenvalue weighted by Crippen LogP contribution is -1.97. The molecule has 2 aromatic rings. The van der Waals surface area contributed by atoms with Crippen LogP contribution in [0.2, 0.25) is 5.02 Å². The first-order valence-electron chi connectivity index (χ1n) is 5.60. The van der Waals surface area contributed by atoms with Gasteiger partial charge in [-0.15, -0.1) is 0 Å². The molecular weight excluding hydrogens is 240 g/mol. The van der Waals surface area contributed by atoms with Crippen molar-refractivity contribution in [3.05, 3.63) is 28.0 Å². The fourth-order valence-corrected chi connectivity index (χ4v) is 2.35. The highest BCUT2D eigenvalue weighted by Crippen LogP contribution is 2.19. The van der Waals surface area contributed by atoms with Crippen molar-refractivity contribution in [2.45, 2.75) is 32.7 Å². The van der Waals surface area contributed by atoms with E-state index in [1.165, 1.54) is 19.3 Å². The molecule has 0 spiro atoms. The average molecular weight is 255 g/mol. The van der Waals surface area contributed by atoms with Crippen LogP contribution in [0.3, 0.4) is 0 Å². The quantitative estimate of drug-likeness (QED) is 0.627. The molecule has 0 radical (unpaired) electrons. The molecule has 1 N–H and O–H groups in total. The molecule has 1 aromatic heterocycles. The number of hydrogen-bond donors (Lipinski definition) is 1. The van der Waals surface area contributed by atoms with E-state index in [2.05, 4.69) is 16.5 Å². The van der Waals surface area contributed by atoms with E-state index >= 15 is 0 Å². The second-order valence-electron chi connectivity index (χ2n) is 3.95. The summed E-state index contributed by atoms with van der Waals surface area (Å²) in [6, 6.07) is 5.85. The normalized spacial score (nSPS) is 11.1. The molecule has 1 aromatic carbocycles. The summed E-state index contributed by atoms with van der Waals surface area (Å²) in [5.74, 6) is 0. The molecular formula is C12H15ClN2S. The van der Waals surface area contributed by atoms with Crippen LogP contribution >= 0.6 is 23.8 Å². The lowest BCUT2D eigenvalue weighted by molar-refractivity contribution is 0.608. The molecule has 0 saturated heterocycles. The molecule has 4 heteroatoms. The van der Waals surface area contributed by atoms with E-state index in [1.54, 1.807) is 0 Å². The van der Waals surface area contributed by atoms with E-state index in [0.717, 1.165) is 27.4 Å². The second kappa shape index (κ2) is 5.02. The third-order valence-electron chi connectivity index (χ3n) is 2.72. The summed E-state index contributed by atoms with van der Waals surface area (Å²) in [5.41, 5.74) is 2.17. The number of H-pyrrole nitrogens is 1. The van der Waals surface area contributed by atoms with E-state index in [0.29, 0.717) is 0 Å². The number of nitrogens with one attached hydrogen (secondary N) is 1. The van der Waals surface area contributed by atoms with Gasteiger partial charge < -0.3 is 9.55 Å². The molecule has 0 fully saturated rings. The Morgan fingerprint density at radius 2 is 2.19 bits per heavy atom. The summed E-state index contributed by atoms with van der Waals surface area (Å²) >= 11 is 11.3. The van der Waals surface area contributed by atoms with Gasteiger partial charge in [-0.1, -0.05) is 31.4 Å². The van der Waals surface area contributed by atoms with Gasteiger partial charge in [-0.3, -0.25) is 0 Å². The van der Waals surface area contributed by atoms with Crippen LogP contribution in [0.5, 0.6) is 0 Å². The Labute approximate surface area is 105 Å².